The predicted octanol–water partition coefficient (Wildman–Crippen LogP) is 1.85. The smallest absolute Gasteiger partial charge is 0.0897 e. The van der Waals surface area contributed by atoms with Crippen LogP contribution in [0, 0.1) is 6.92 Å². The van der Waals surface area contributed by atoms with Crippen LogP contribution in [0.3, 0.4) is 0 Å². The molecule has 6 heteroatoms. The van der Waals surface area contributed by atoms with Crippen molar-refractivity contribution in [1.82, 2.24) is 19.7 Å². The molecule has 0 aliphatic carbocycles. The van der Waals surface area contributed by atoms with Crippen molar-refractivity contribution >= 4 is 11.3 Å². The number of ether oxygens (including phenoxy) is 1. The van der Waals surface area contributed by atoms with E-state index in [9.17, 15) is 0 Å². The molecule has 0 unspecified atom stereocenters. The normalized spacial score (nSPS) is 19.6. The molecule has 19 heavy (non-hydrogen) atoms. The zero-order valence-electron chi connectivity index (χ0n) is 11.2. The molecule has 1 aliphatic heterocycles. The van der Waals surface area contributed by atoms with Gasteiger partial charge in [0, 0.05) is 38.3 Å². The van der Waals surface area contributed by atoms with Crippen LogP contribution in [-0.2, 0) is 17.8 Å². The van der Waals surface area contributed by atoms with E-state index in [1.807, 2.05) is 13.1 Å². The van der Waals surface area contributed by atoms with E-state index in [4.69, 9.17) is 4.74 Å². The second-order valence-electron chi connectivity index (χ2n) is 4.90. The molecule has 1 aliphatic rings. The molecule has 0 N–H and O–H groups in total. The van der Waals surface area contributed by atoms with E-state index in [1.54, 1.807) is 18.4 Å². The Bertz CT molecular complexity index is 550. The number of hydrogen-bond acceptors (Lipinski definition) is 5. The summed E-state index contributed by atoms with van der Waals surface area (Å²) >= 11 is 1.71. The third-order valence-electron chi connectivity index (χ3n) is 3.36. The van der Waals surface area contributed by atoms with Crippen LogP contribution < -0.4 is 0 Å². The van der Waals surface area contributed by atoms with Crippen LogP contribution in [0.15, 0.2) is 17.6 Å². The Balaban J connectivity index is 1.75. The number of fused-ring (bicyclic) bond motifs is 1. The lowest BCUT2D eigenvalue weighted by Crippen LogP contribution is -2.39. The summed E-state index contributed by atoms with van der Waals surface area (Å²) in [6.45, 7) is 5.53. The number of aryl methyl sites for hydroxylation is 1. The SMILES string of the molecule is COC[C@H]1CN(Cc2csc(C)n2)Cc2ccnn21. The summed E-state index contributed by atoms with van der Waals surface area (Å²) in [6.07, 6.45) is 1.87. The van der Waals surface area contributed by atoms with Gasteiger partial charge < -0.3 is 4.74 Å². The Hall–Kier alpha value is -1.24. The summed E-state index contributed by atoms with van der Waals surface area (Å²) in [5.41, 5.74) is 2.41. The van der Waals surface area contributed by atoms with Crippen molar-refractivity contribution in [3.05, 3.63) is 34.0 Å². The topological polar surface area (TPSA) is 43.2 Å². The van der Waals surface area contributed by atoms with Crippen molar-refractivity contribution in [2.75, 3.05) is 20.3 Å². The Morgan fingerprint density at radius 1 is 1.53 bits per heavy atom. The molecule has 0 bridgehead atoms. The lowest BCUT2D eigenvalue weighted by Gasteiger charge is -2.33. The molecule has 0 spiro atoms. The Morgan fingerprint density at radius 3 is 3.16 bits per heavy atom. The quantitative estimate of drug-likeness (QED) is 0.856. The van der Waals surface area contributed by atoms with Gasteiger partial charge in [-0.25, -0.2) is 4.98 Å². The standard InChI is InChI=1S/C13H18N4OS/c1-10-15-11(9-19-10)5-16-6-12-3-4-14-17(12)13(7-16)8-18-2/h3-4,9,13H,5-8H2,1-2H3/t13-/m1/s1. The lowest BCUT2D eigenvalue weighted by molar-refractivity contribution is 0.0902. The molecule has 3 heterocycles. The molecule has 2 aromatic rings. The molecular formula is C13H18N4OS. The number of rotatable bonds is 4. The fourth-order valence-electron chi connectivity index (χ4n) is 2.61. The minimum absolute atomic E-state index is 0.295. The van der Waals surface area contributed by atoms with Gasteiger partial charge in [-0.05, 0) is 13.0 Å². The monoisotopic (exact) mass is 278 g/mol. The van der Waals surface area contributed by atoms with Gasteiger partial charge in [-0.15, -0.1) is 11.3 Å². The van der Waals surface area contributed by atoms with Gasteiger partial charge >= 0.3 is 0 Å². The van der Waals surface area contributed by atoms with Gasteiger partial charge in [0.1, 0.15) is 0 Å². The van der Waals surface area contributed by atoms with Gasteiger partial charge in [-0.1, -0.05) is 0 Å². The van der Waals surface area contributed by atoms with Gasteiger partial charge in [0.25, 0.3) is 0 Å². The van der Waals surface area contributed by atoms with Crippen LogP contribution in [0.2, 0.25) is 0 Å². The van der Waals surface area contributed by atoms with Gasteiger partial charge in [0.15, 0.2) is 0 Å². The maximum Gasteiger partial charge on any atom is 0.0897 e. The molecule has 0 radical (unpaired) electrons. The fraction of sp³-hybridized carbons (Fsp3) is 0.538. The maximum atomic E-state index is 5.31. The highest BCUT2D eigenvalue weighted by atomic mass is 32.1. The predicted molar refractivity (Wildman–Crippen MR) is 74.1 cm³/mol. The molecule has 2 aromatic heterocycles. The highest BCUT2D eigenvalue weighted by Crippen LogP contribution is 2.22. The first-order chi connectivity index (χ1) is 9.26. The number of aromatic nitrogens is 3. The summed E-state index contributed by atoms with van der Waals surface area (Å²) < 4.78 is 7.40. The first kappa shape index (κ1) is 12.8. The number of nitrogens with zero attached hydrogens (tertiary/aromatic N) is 4. The van der Waals surface area contributed by atoms with Crippen molar-refractivity contribution in [1.29, 1.82) is 0 Å². The number of methoxy groups -OCH3 is 1. The maximum absolute atomic E-state index is 5.31. The van der Waals surface area contributed by atoms with E-state index in [1.165, 1.54) is 5.69 Å². The van der Waals surface area contributed by atoms with Crippen LogP contribution >= 0.6 is 11.3 Å². The number of hydrogen-bond donors (Lipinski definition) is 0. The van der Waals surface area contributed by atoms with Crippen LogP contribution in [0.25, 0.3) is 0 Å². The highest BCUT2D eigenvalue weighted by Gasteiger charge is 2.25. The third-order valence-corrected chi connectivity index (χ3v) is 4.19. The molecule has 0 amide bonds. The minimum Gasteiger partial charge on any atom is -0.382 e. The summed E-state index contributed by atoms with van der Waals surface area (Å²) in [5, 5.41) is 7.67. The molecular weight excluding hydrogens is 260 g/mol. The van der Waals surface area contributed by atoms with Gasteiger partial charge in [-0.3, -0.25) is 9.58 Å². The van der Waals surface area contributed by atoms with Gasteiger partial charge in [0.05, 0.1) is 29.0 Å². The molecule has 0 saturated heterocycles. The largest absolute Gasteiger partial charge is 0.382 e. The number of thiazole rings is 1. The highest BCUT2D eigenvalue weighted by molar-refractivity contribution is 7.09. The Labute approximate surface area is 116 Å². The molecule has 102 valence electrons. The zero-order valence-corrected chi connectivity index (χ0v) is 12.1. The van der Waals surface area contributed by atoms with Crippen LogP contribution in [0.4, 0.5) is 0 Å². The van der Waals surface area contributed by atoms with E-state index in [0.29, 0.717) is 12.6 Å². The minimum atomic E-state index is 0.295. The van der Waals surface area contributed by atoms with E-state index in [-0.39, 0.29) is 0 Å². The average Bonchev–Trinajstić information content (AvgIpc) is 2.99. The van der Waals surface area contributed by atoms with E-state index >= 15 is 0 Å². The molecule has 1 atom stereocenters. The summed E-state index contributed by atoms with van der Waals surface area (Å²) in [7, 11) is 1.74. The third kappa shape index (κ3) is 2.70. The molecule has 5 nitrogen and oxygen atoms in total. The summed E-state index contributed by atoms with van der Waals surface area (Å²) in [6, 6.07) is 2.38. The van der Waals surface area contributed by atoms with Crippen molar-refractivity contribution < 1.29 is 4.74 Å². The summed E-state index contributed by atoms with van der Waals surface area (Å²) in [5.74, 6) is 0. The van der Waals surface area contributed by atoms with Crippen LogP contribution in [0.5, 0.6) is 0 Å². The summed E-state index contributed by atoms with van der Waals surface area (Å²) in [4.78, 5) is 6.95. The van der Waals surface area contributed by atoms with E-state index in [0.717, 1.165) is 30.3 Å². The zero-order chi connectivity index (χ0) is 13.2. The first-order valence-corrected chi connectivity index (χ1v) is 7.29. The molecule has 0 aromatic carbocycles. The van der Waals surface area contributed by atoms with Gasteiger partial charge in [0.2, 0.25) is 0 Å². The Morgan fingerprint density at radius 2 is 2.42 bits per heavy atom. The van der Waals surface area contributed by atoms with Crippen LogP contribution in [-0.4, -0.2) is 39.9 Å². The first-order valence-electron chi connectivity index (χ1n) is 6.41. The van der Waals surface area contributed by atoms with Crippen molar-refractivity contribution in [2.24, 2.45) is 0 Å². The molecule has 0 saturated carbocycles. The fourth-order valence-corrected chi connectivity index (χ4v) is 3.21. The van der Waals surface area contributed by atoms with Crippen LogP contribution in [0.1, 0.15) is 22.4 Å². The molecule has 3 rings (SSSR count). The molecule has 0 fully saturated rings. The van der Waals surface area contributed by atoms with Gasteiger partial charge in [-0.2, -0.15) is 5.10 Å². The average molecular weight is 278 g/mol. The van der Waals surface area contributed by atoms with Crippen molar-refractivity contribution in [3.8, 4) is 0 Å². The van der Waals surface area contributed by atoms with E-state index < -0.39 is 0 Å². The lowest BCUT2D eigenvalue weighted by atomic mass is 10.2. The second kappa shape index (κ2) is 5.40. The van der Waals surface area contributed by atoms with E-state index in [2.05, 4.69) is 31.1 Å². The second-order valence-corrected chi connectivity index (χ2v) is 5.97. The van der Waals surface area contributed by atoms with Crippen molar-refractivity contribution in [3.63, 3.8) is 0 Å². The van der Waals surface area contributed by atoms with Crippen molar-refractivity contribution in [2.45, 2.75) is 26.1 Å². The Kier molecular flexibility index (Phi) is 3.63.